The summed E-state index contributed by atoms with van der Waals surface area (Å²) in [6.45, 7) is 0.891. The molecule has 29 heavy (non-hydrogen) atoms. The second kappa shape index (κ2) is 7.51. The van der Waals surface area contributed by atoms with Gasteiger partial charge in [0.05, 0.1) is 12.0 Å². The van der Waals surface area contributed by atoms with E-state index in [2.05, 4.69) is 14.6 Å². The van der Waals surface area contributed by atoms with Gasteiger partial charge in [-0.2, -0.15) is 4.68 Å². The highest BCUT2D eigenvalue weighted by molar-refractivity contribution is 7.98. The van der Waals surface area contributed by atoms with Gasteiger partial charge in [0, 0.05) is 36.9 Å². The van der Waals surface area contributed by atoms with Gasteiger partial charge in [0.15, 0.2) is 11.0 Å². The van der Waals surface area contributed by atoms with E-state index in [0.29, 0.717) is 11.4 Å². The standard InChI is InChI=1S/C21H22N6OS/c1-25-14-22-12-16(25)13-29-21-23-19-18(17-10-6-3-7-11-26(17)21)20(28)27(24-19)15-8-4-2-5-9-15/h2,4-5,8-9,12,14H,3,6-7,10-11,13H2,1H3. The Morgan fingerprint density at radius 2 is 2.00 bits per heavy atom. The van der Waals surface area contributed by atoms with Gasteiger partial charge < -0.3 is 9.13 Å². The van der Waals surface area contributed by atoms with E-state index >= 15 is 0 Å². The van der Waals surface area contributed by atoms with Gasteiger partial charge in [0.25, 0.3) is 5.56 Å². The number of aromatic nitrogens is 6. The first kappa shape index (κ1) is 18.2. The monoisotopic (exact) mass is 406 g/mol. The zero-order valence-corrected chi connectivity index (χ0v) is 17.1. The molecule has 0 fully saturated rings. The number of aryl methyl sites for hydroxylation is 1. The average Bonchev–Trinajstić information content (AvgIpc) is 3.19. The number of thioether (sulfide) groups is 1. The lowest BCUT2D eigenvalue weighted by Gasteiger charge is -2.17. The fourth-order valence-electron chi connectivity index (χ4n) is 3.87. The zero-order chi connectivity index (χ0) is 19.8. The van der Waals surface area contributed by atoms with Gasteiger partial charge in [-0.1, -0.05) is 36.4 Å². The Hall–Kier alpha value is -2.87. The molecule has 4 heterocycles. The molecular weight excluding hydrogens is 384 g/mol. The number of nitrogens with zero attached hydrogens (tertiary/aromatic N) is 6. The lowest BCUT2D eigenvalue weighted by atomic mass is 10.1. The second-order valence-electron chi connectivity index (χ2n) is 7.34. The number of benzene rings is 1. The van der Waals surface area contributed by atoms with Gasteiger partial charge in [-0.25, -0.2) is 9.97 Å². The second-order valence-corrected chi connectivity index (χ2v) is 8.28. The van der Waals surface area contributed by atoms with Gasteiger partial charge in [-0.3, -0.25) is 4.79 Å². The minimum atomic E-state index is -0.0764. The highest BCUT2D eigenvalue weighted by Crippen LogP contribution is 2.31. The molecule has 8 heteroatoms. The van der Waals surface area contributed by atoms with Gasteiger partial charge in [0.2, 0.25) is 0 Å². The van der Waals surface area contributed by atoms with Gasteiger partial charge in [-0.15, -0.1) is 5.10 Å². The Morgan fingerprint density at radius 3 is 2.79 bits per heavy atom. The van der Waals surface area contributed by atoms with Crippen molar-refractivity contribution in [3.8, 4) is 17.1 Å². The Morgan fingerprint density at radius 1 is 1.14 bits per heavy atom. The van der Waals surface area contributed by atoms with Crippen LogP contribution in [-0.4, -0.2) is 28.9 Å². The van der Waals surface area contributed by atoms with Crippen LogP contribution in [0.2, 0.25) is 0 Å². The predicted molar refractivity (Wildman–Crippen MR) is 113 cm³/mol. The summed E-state index contributed by atoms with van der Waals surface area (Å²) < 4.78 is 5.75. The number of fused-ring (bicyclic) bond motifs is 3. The van der Waals surface area contributed by atoms with Crippen LogP contribution in [0.1, 0.15) is 30.7 Å². The van der Waals surface area contributed by atoms with Crippen molar-refractivity contribution in [2.24, 2.45) is 7.05 Å². The summed E-state index contributed by atoms with van der Waals surface area (Å²) >= 11 is 1.68. The molecule has 5 rings (SSSR count). The Bertz CT molecular complexity index is 1180. The molecule has 0 aliphatic carbocycles. The van der Waals surface area contributed by atoms with E-state index in [4.69, 9.17) is 4.98 Å². The van der Waals surface area contributed by atoms with Crippen molar-refractivity contribution in [3.05, 3.63) is 64.6 Å². The number of imidazole rings is 1. The van der Waals surface area contributed by atoms with E-state index in [9.17, 15) is 4.79 Å². The molecule has 3 aliphatic heterocycles. The van der Waals surface area contributed by atoms with Gasteiger partial charge in [-0.05, 0) is 31.4 Å². The van der Waals surface area contributed by atoms with Crippen LogP contribution < -0.4 is 5.56 Å². The molecule has 0 saturated carbocycles. The first-order valence-electron chi connectivity index (χ1n) is 9.88. The third kappa shape index (κ3) is 3.27. The molecule has 0 saturated heterocycles. The maximum atomic E-state index is 13.2. The van der Waals surface area contributed by atoms with Crippen LogP contribution in [0.4, 0.5) is 0 Å². The number of para-hydroxylation sites is 1. The summed E-state index contributed by atoms with van der Waals surface area (Å²) in [5, 5.41) is 5.52. The van der Waals surface area contributed by atoms with E-state index in [1.165, 1.54) is 4.68 Å². The SMILES string of the molecule is Cn1cncc1CSc1nc2nn(-c3ccccc3)c(=O)c-2c2n1CCCCC2. The molecule has 0 amide bonds. The van der Waals surface area contributed by atoms with Gasteiger partial charge in [0.1, 0.15) is 5.56 Å². The third-order valence-electron chi connectivity index (χ3n) is 5.43. The molecule has 0 atom stereocenters. The molecule has 0 radical (unpaired) electrons. The molecule has 0 unspecified atom stereocenters. The third-order valence-corrected chi connectivity index (χ3v) is 6.44. The van der Waals surface area contributed by atoms with Crippen molar-refractivity contribution in [1.29, 1.82) is 0 Å². The zero-order valence-electron chi connectivity index (χ0n) is 16.3. The summed E-state index contributed by atoms with van der Waals surface area (Å²) in [6, 6.07) is 9.57. The van der Waals surface area contributed by atoms with Crippen LogP contribution in [0.25, 0.3) is 17.1 Å². The number of hydrogen-bond donors (Lipinski definition) is 0. The largest absolute Gasteiger partial charge is 0.337 e. The van der Waals surface area contributed by atoms with Crippen LogP contribution in [0.5, 0.6) is 0 Å². The molecule has 148 valence electrons. The molecule has 0 bridgehead atoms. The smallest absolute Gasteiger partial charge is 0.284 e. The average molecular weight is 407 g/mol. The van der Waals surface area contributed by atoms with E-state index in [0.717, 1.165) is 60.2 Å². The molecular formula is C21H22N6OS. The fourth-order valence-corrected chi connectivity index (χ4v) is 4.93. The van der Waals surface area contributed by atoms with Crippen LogP contribution in [0.3, 0.4) is 0 Å². The first-order valence-corrected chi connectivity index (χ1v) is 10.9. The Labute approximate surface area is 172 Å². The van der Waals surface area contributed by atoms with Crippen LogP contribution in [-0.2, 0) is 25.8 Å². The summed E-state index contributed by atoms with van der Waals surface area (Å²) in [7, 11) is 2.00. The van der Waals surface area contributed by atoms with Crippen molar-refractivity contribution in [3.63, 3.8) is 0 Å². The molecule has 1 aromatic heterocycles. The van der Waals surface area contributed by atoms with Crippen molar-refractivity contribution in [1.82, 2.24) is 28.9 Å². The Balaban J connectivity index is 1.64. The van der Waals surface area contributed by atoms with Crippen LogP contribution in [0.15, 0.2) is 52.8 Å². The molecule has 0 N–H and O–H groups in total. The van der Waals surface area contributed by atoms with E-state index < -0.39 is 0 Å². The summed E-state index contributed by atoms with van der Waals surface area (Å²) in [5.74, 6) is 1.32. The number of rotatable bonds is 4. The minimum Gasteiger partial charge on any atom is -0.337 e. The van der Waals surface area contributed by atoms with Crippen molar-refractivity contribution in [2.45, 2.75) is 43.1 Å². The van der Waals surface area contributed by atoms with Crippen molar-refractivity contribution >= 4 is 11.8 Å². The maximum Gasteiger partial charge on any atom is 0.284 e. The van der Waals surface area contributed by atoms with E-state index in [1.54, 1.807) is 11.8 Å². The van der Waals surface area contributed by atoms with E-state index in [1.807, 2.05) is 54.5 Å². The Kier molecular flexibility index (Phi) is 4.71. The normalized spacial score (nSPS) is 14.1. The fraction of sp³-hybridized carbons (Fsp3) is 0.333. The molecule has 2 aromatic rings. The molecule has 1 aromatic carbocycles. The highest BCUT2D eigenvalue weighted by Gasteiger charge is 2.27. The lowest BCUT2D eigenvalue weighted by molar-refractivity contribution is 0.571. The van der Waals surface area contributed by atoms with E-state index in [-0.39, 0.29) is 5.56 Å². The molecule has 3 aliphatic rings. The topological polar surface area (TPSA) is 70.5 Å². The minimum absolute atomic E-state index is 0.0764. The predicted octanol–water partition coefficient (Wildman–Crippen LogP) is 3.29. The van der Waals surface area contributed by atoms with Crippen molar-refractivity contribution < 1.29 is 0 Å². The summed E-state index contributed by atoms with van der Waals surface area (Å²) in [5.41, 5.74) is 3.58. The first-order chi connectivity index (χ1) is 14.2. The summed E-state index contributed by atoms with van der Waals surface area (Å²) in [4.78, 5) is 22.3. The number of hydrogen-bond acceptors (Lipinski definition) is 5. The quantitative estimate of drug-likeness (QED) is 0.384. The van der Waals surface area contributed by atoms with Gasteiger partial charge >= 0.3 is 0 Å². The van der Waals surface area contributed by atoms with Crippen LogP contribution in [0, 0.1) is 0 Å². The highest BCUT2D eigenvalue weighted by atomic mass is 32.2. The lowest BCUT2D eigenvalue weighted by Crippen LogP contribution is -2.19. The molecule has 0 spiro atoms. The maximum absolute atomic E-state index is 13.2. The van der Waals surface area contributed by atoms with Crippen molar-refractivity contribution in [2.75, 3.05) is 0 Å². The van der Waals surface area contributed by atoms with Crippen LogP contribution >= 0.6 is 11.8 Å². The molecule has 7 nitrogen and oxygen atoms in total. The summed E-state index contributed by atoms with van der Waals surface area (Å²) in [6.07, 6.45) is 7.93.